The molecule has 2 aliphatic rings. The van der Waals surface area contributed by atoms with Crippen LogP contribution in [-0.4, -0.2) is 45.5 Å². The maximum atomic E-state index is 13.6. The molecule has 2 aliphatic heterocycles. The van der Waals surface area contributed by atoms with Crippen LogP contribution in [0.15, 0.2) is 17.2 Å². The molecule has 0 bridgehead atoms. The van der Waals surface area contributed by atoms with Crippen LogP contribution in [0.4, 0.5) is 17.3 Å². The zero-order valence-corrected chi connectivity index (χ0v) is 17.6. The molecule has 0 aromatic carbocycles. The van der Waals surface area contributed by atoms with Gasteiger partial charge in [0.05, 0.1) is 0 Å². The molecule has 2 aromatic heterocycles. The summed E-state index contributed by atoms with van der Waals surface area (Å²) in [6.07, 6.45) is 1.90. The molecule has 0 radical (unpaired) electrons. The minimum atomic E-state index is -0.806. The van der Waals surface area contributed by atoms with Crippen molar-refractivity contribution < 1.29 is 4.79 Å². The molecule has 154 valence electrons. The number of fused-ring (bicyclic) bond motifs is 2. The van der Waals surface area contributed by atoms with Crippen molar-refractivity contribution >= 4 is 34.8 Å². The van der Waals surface area contributed by atoms with Crippen molar-refractivity contribution in [1.29, 1.82) is 0 Å². The van der Waals surface area contributed by atoms with E-state index in [1.165, 1.54) is 6.33 Å². The molecule has 0 saturated carbocycles. The van der Waals surface area contributed by atoms with E-state index in [0.717, 1.165) is 13.1 Å². The lowest BCUT2D eigenvalue weighted by Gasteiger charge is -2.51. The minimum absolute atomic E-state index is 0.118. The number of halogens is 1. The number of carbonyl (C=O) groups excluding carboxylic acids is 1. The molecule has 1 spiro atoms. The fraction of sp³-hybridized carbons (Fsp3) is 0.474. The van der Waals surface area contributed by atoms with Crippen LogP contribution in [0, 0.1) is 12.3 Å². The summed E-state index contributed by atoms with van der Waals surface area (Å²) in [5.74, 6) is 0.130. The number of anilines is 3. The molecule has 10 heteroatoms. The van der Waals surface area contributed by atoms with Crippen molar-refractivity contribution in [3.8, 4) is 0 Å². The van der Waals surface area contributed by atoms with E-state index in [4.69, 9.17) is 17.3 Å². The van der Waals surface area contributed by atoms with Gasteiger partial charge in [0.1, 0.15) is 34.2 Å². The fourth-order valence-electron chi connectivity index (χ4n) is 4.60. The topological polar surface area (TPSA) is 118 Å². The average molecular weight is 418 g/mol. The fourth-order valence-corrected chi connectivity index (χ4v) is 4.75. The number of aryl methyl sites for hydroxylation is 1. The Kier molecular flexibility index (Phi) is 4.36. The molecule has 1 saturated heterocycles. The van der Waals surface area contributed by atoms with Crippen LogP contribution < -0.4 is 21.9 Å². The number of nitrogens with one attached hydrogen (secondary N) is 2. The molecule has 4 heterocycles. The molecule has 0 aliphatic carbocycles. The van der Waals surface area contributed by atoms with Gasteiger partial charge < -0.3 is 21.3 Å². The Labute approximate surface area is 173 Å². The van der Waals surface area contributed by atoms with Gasteiger partial charge in [-0.15, -0.1) is 0 Å². The van der Waals surface area contributed by atoms with Crippen LogP contribution in [-0.2, 0) is 5.66 Å². The van der Waals surface area contributed by atoms with Crippen molar-refractivity contribution in [2.45, 2.75) is 32.9 Å². The number of nitrogens with zero attached hydrogens (tertiary/aromatic N) is 4. The Morgan fingerprint density at radius 3 is 2.72 bits per heavy atom. The number of nitrogens with two attached hydrogens (primary N) is 1. The van der Waals surface area contributed by atoms with Gasteiger partial charge in [0.25, 0.3) is 11.5 Å². The Bertz CT molecular complexity index is 1080. The largest absolute Gasteiger partial charge is 0.382 e. The predicted octanol–water partition coefficient (Wildman–Crippen LogP) is 1.68. The number of hydrogen-bond acceptors (Lipinski definition) is 7. The summed E-state index contributed by atoms with van der Waals surface area (Å²) in [5, 5.41) is 6.25. The molecule has 29 heavy (non-hydrogen) atoms. The summed E-state index contributed by atoms with van der Waals surface area (Å²) >= 11 is 6.19. The normalized spacial score (nSPS) is 23.1. The molecule has 4 rings (SSSR count). The molecule has 1 amide bonds. The number of nitrogen functional groups attached to an aromatic ring is 1. The van der Waals surface area contributed by atoms with Crippen LogP contribution in [0.25, 0.3) is 0 Å². The summed E-state index contributed by atoms with van der Waals surface area (Å²) in [5.41, 5.74) is 5.62. The number of hydrogen-bond donors (Lipinski definition) is 3. The average Bonchev–Trinajstić information content (AvgIpc) is 2.94. The highest BCUT2D eigenvalue weighted by atomic mass is 35.5. The Morgan fingerprint density at radius 2 is 2.03 bits per heavy atom. The van der Waals surface area contributed by atoms with Crippen molar-refractivity contribution in [2.75, 3.05) is 31.2 Å². The maximum Gasteiger partial charge on any atom is 0.276 e. The van der Waals surface area contributed by atoms with E-state index >= 15 is 0 Å². The van der Waals surface area contributed by atoms with Crippen LogP contribution in [0.2, 0.25) is 5.02 Å². The first kappa shape index (κ1) is 19.7. The third-order valence-electron chi connectivity index (χ3n) is 6.02. The lowest BCUT2D eigenvalue weighted by molar-refractivity contribution is -0.0229. The monoisotopic (exact) mass is 417 g/mol. The van der Waals surface area contributed by atoms with Crippen LogP contribution in [0.3, 0.4) is 0 Å². The van der Waals surface area contributed by atoms with Gasteiger partial charge in [-0.25, -0.2) is 9.97 Å². The molecular weight excluding hydrogens is 394 g/mol. The molecule has 4 N–H and O–H groups in total. The predicted molar refractivity (Wildman–Crippen MR) is 112 cm³/mol. The van der Waals surface area contributed by atoms with E-state index in [1.807, 2.05) is 14.0 Å². The summed E-state index contributed by atoms with van der Waals surface area (Å²) < 4.78 is 1.62. The van der Waals surface area contributed by atoms with Crippen LogP contribution in [0.1, 0.15) is 36.3 Å². The van der Waals surface area contributed by atoms with Gasteiger partial charge in [-0.3, -0.25) is 14.2 Å². The number of likely N-dealkylation sites (tertiary alicyclic amines) is 1. The lowest BCUT2D eigenvalue weighted by Crippen LogP contribution is -2.64. The van der Waals surface area contributed by atoms with Crippen molar-refractivity contribution in [3.63, 3.8) is 0 Å². The van der Waals surface area contributed by atoms with Crippen LogP contribution >= 0.6 is 11.6 Å². The van der Waals surface area contributed by atoms with Gasteiger partial charge >= 0.3 is 0 Å². The van der Waals surface area contributed by atoms with Crippen LogP contribution in [0.5, 0.6) is 0 Å². The summed E-state index contributed by atoms with van der Waals surface area (Å²) in [4.78, 5) is 36.6. The van der Waals surface area contributed by atoms with E-state index < -0.39 is 5.66 Å². The number of piperidine rings is 1. The highest BCUT2D eigenvalue weighted by Crippen LogP contribution is 2.45. The summed E-state index contributed by atoms with van der Waals surface area (Å²) in [6.45, 7) is 7.46. The van der Waals surface area contributed by atoms with E-state index in [0.29, 0.717) is 17.7 Å². The van der Waals surface area contributed by atoms with Crippen molar-refractivity contribution in [3.05, 3.63) is 39.0 Å². The van der Waals surface area contributed by atoms with E-state index in [9.17, 15) is 9.59 Å². The van der Waals surface area contributed by atoms with Crippen molar-refractivity contribution in [2.24, 2.45) is 5.41 Å². The first-order chi connectivity index (χ1) is 13.6. The zero-order valence-electron chi connectivity index (χ0n) is 16.8. The van der Waals surface area contributed by atoms with E-state index in [1.54, 1.807) is 10.6 Å². The molecule has 1 unspecified atom stereocenters. The third-order valence-corrected chi connectivity index (χ3v) is 6.39. The Balaban J connectivity index is 1.90. The number of carbonyl (C=O) groups is 1. The standard InChI is InChI=1S/C19H24ClN7O2/c1-10-7-11(24-15-12(20)14(21)22-9-23-15)17(29)27-13(10)16(28)25-19(27)5-6-26(4)8-18(19,2)3/h7,9H,5-6,8H2,1-4H3,(H,25,28)(H3,21,22,23,24). The quantitative estimate of drug-likeness (QED) is 0.680. The van der Waals surface area contributed by atoms with Gasteiger partial charge in [0, 0.05) is 24.9 Å². The second kappa shape index (κ2) is 6.43. The smallest absolute Gasteiger partial charge is 0.276 e. The highest BCUT2D eigenvalue weighted by molar-refractivity contribution is 6.35. The first-order valence-electron chi connectivity index (χ1n) is 9.38. The van der Waals surface area contributed by atoms with Gasteiger partial charge in [-0.2, -0.15) is 0 Å². The third kappa shape index (κ3) is 2.79. The van der Waals surface area contributed by atoms with E-state index in [2.05, 4.69) is 39.3 Å². The van der Waals surface area contributed by atoms with Gasteiger partial charge in [-0.1, -0.05) is 25.4 Å². The Hall–Kier alpha value is -2.65. The number of amides is 1. The summed E-state index contributed by atoms with van der Waals surface area (Å²) in [6, 6.07) is 1.64. The maximum absolute atomic E-state index is 13.6. The zero-order chi connectivity index (χ0) is 21.1. The number of rotatable bonds is 2. The minimum Gasteiger partial charge on any atom is -0.382 e. The lowest BCUT2D eigenvalue weighted by atomic mass is 9.73. The molecule has 1 atom stereocenters. The molecular formula is C19H24ClN7O2. The number of pyridine rings is 1. The summed E-state index contributed by atoms with van der Waals surface area (Å²) in [7, 11) is 2.04. The highest BCUT2D eigenvalue weighted by Gasteiger charge is 2.56. The van der Waals surface area contributed by atoms with Gasteiger partial charge in [0.15, 0.2) is 5.82 Å². The van der Waals surface area contributed by atoms with E-state index in [-0.39, 0.29) is 39.2 Å². The van der Waals surface area contributed by atoms with Gasteiger partial charge in [0.2, 0.25) is 0 Å². The molecule has 9 nitrogen and oxygen atoms in total. The van der Waals surface area contributed by atoms with Gasteiger partial charge in [-0.05, 0) is 25.6 Å². The van der Waals surface area contributed by atoms with Crippen molar-refractivity contribution in [1.82, 2.24) is 24.8 Å². The second-order valence-electron chi connectivity index (χ2n) is 8.46. The number of aromatic nitrogens is 3. The molecule has 2 aromatic rings. The second-order valence-corrected chi connectivity index (χ2v) is 8.84. The Morgan fingerprint density at radius 1 is 1.31 bits per heavy atom. The molecule has 1 fully saturated rings. The SMILES string of the molecule is Cc1cc(Nc2ncnc(N)c2Cl)c(=O)n2c1C(=O)NC21CCN(C)CC1(C)C. The first-order valence-corrected chi connectivity index (χ1v) is 9.76.